The molecule has 0 aliphatic heterocycles. The maximum Gasteiger partial charge on any atom is 0.250 e. The maximum absolute atomic E-state index is 12.5. The van der Waals surface area contributed by atoms with Gasteiger partial charge in [-0.25, -0.2) is 23.1 Å². The van der Waals surface area contributed by atoms with Gasteiger partial charge in [0.2, 0.25) is 15.9 Å². The number of thiophene rings is 1. The van der Waals surface area contributed by atoms with Crippen molar-refractivity contribution in [2.24, 2.45) is 0 Å². The minimum Gasteiger partial charge on any atom is -0.355 e. The van der Waals surface area contributed by atoms with Crippen molar-refractivity contribution in [2.75, 3.05) is 18.4 Å². The van der Waals surface area contributed by atoms with Gasteiger partial charge in [-0.3, -0.25) is 9.89 Å². The Morgan fingerprint density at radius 2 is 2.13 bits per heavy atom. The van der Waals surface area contributed by atoms with Crippen LogP contribution in [0.1, 0.15) is 31.4 Å². The van der Waals surface area contributed by atoms with Gasteiger partial charge in [-0.2, -0.15) is 5.10 Å². The highest BCUT2D eigenvalue weighted by Gasteiger charge is 2.25. The molecular formula is C18H20BrN7O3S2. The summed E-state index contributed by atoms with van der Waals surface area (Å²) in [5.41, 5.74) is 1.10. The van der Waals surface area contributed by atoms with Crippen LogP contribution in [0.4, 0.5) is 11.6 Å². The third-order valence-corrected chi connectivity index (χ3v) is 8.08. The molecule has 3 aromatic heterocycles. The zero-order valence-corrected chi connectivity index (χ0v) is 19.7. The number of sulfonamides is 1. The van der Waals surface area contributed by atoms with Crippen LogP contribution in [-0.4, -0.2) is 47.6 Å². The fraction of sp³-hybridized carbons (Fsp3) is 0.333. The monoisotopic (exact) mass is 525 g/mol. The van der Waals surface area contributed by atoms with Crippen molar-refractivity contribution in [3.63, 3.8) is 0 Å². The Bertz CT molecular complexity index is 1200. The van der Waals surface area contributed by atoms with E-state index in [1.54, 1.807) is 12.3 Å². The summed E-state index contributed by atoms with van der Waals surface area (Å²) in [5, 5.41) is 13.0. The van der Waals surface area contributed by atoms with Crippen molar-refractivity contribution in [3.8, 4) is 10.7 Å². The van der Waals surface area contributed by atoms with Crippen molar-refractivity contribution in [3.05, 3.63) is 34.6 Å². The highest BCUT2D eigenvalue weighted by atomic mass is 79.9. The van der Waals surface area contributed by atoms with Crippen LogP contribution in [0.25, 0.3) is 10.7 Å². The molecule has 0 aromatic carbocycles. The Hall–Kier alpha value is -2.35. The summed E-state index contributed by atoms with van der Waals surface area (Å²) in [6.07, 6.45) is 3.96. The van der Waals surface area contributed by atoms with E-state index in [9.17, 15) is 13.2 Å². The number of carbonyl (C=O) groups is 1. The van der Waals surface area contributed by atoms with E-state index in [1.165, 1.54) is 25.8 Å². The van der Waals surface area contributed by atoms with Gasteiger partial charge < -0.3 is 10.6 Å². The topological polar surface area (TPSA) is 142 Å². The maximum atomic E-state index is 12.5. The molecule has 1 fully saturated rings. The quantitative estimate of drug-likeness (QED) is 0.314. The third-order valence-electron chi connectivity index (χ3n) is 4.46. The lowest BCUT2D eigenvalue weighted by molar-refractivity contribution is -0.118. The molecule has 3 aromatic rings. The number of nitrogens with one attached hydrogen (secondary N) is 4. The Balaban J connectivity index is 1.47. The molecule has 1 aliphatic rings. The summed E-state index contributed by atoms with van der Waals surface area (Å²) in [7, 11) is -3.69. The number of aromatic amines is 1. The van der Waals surface area contributed by atoms with Crippen LogP contribution in [0.3, 0.4) is 0 Å². The Morgan fingerprint density at radius 1 is 1.32 bits per heavy atom. The van der Waals surface area contributed by atoms with E-state index in [2.05, 4.69) is 51.5 Å². The molecule has 0 radical (unpaired) electrons. The number of anilines is 2. The van der Waals surface area contributed by atoms with Crippen LogP contribution >= 0.6 is 27.3 Å². The van der Waals surface area contributed by atoms with E-state index < -0.39 is 10.0 Å². The van der Waals surface area contributed by atoms with E-state index in [0.29, 0.717) is 32.7 Å². The van der Waals surface area contributed by atoms with Gasteiger partial charge >= 0.3 is 0 Å². The molecule has 31 heavy (non-hydrogen) atoms. The molecule has 1 amide bonds. The standard InChI is InChI=1S/C18H20BrN7O3S2/c1-10(27)20-6-7-22-31(28,29)16-5-4-14(30-16)18-21-9-12(19)17(24-18)23-15-8-13(25-26-15)11-2-3-11/h4-5,8-9,11,22H,2-3,6-7H2,1H3,(H,20,27)(H2,21,23,24,25,26). The van der Waals surface area contributed by atoms with Gasteiger partial charge in [0.05, 0.1) is 9.35 Å². The van der Waals surface area contributed by atoms with Crippen molar-refractivity contribution in [1.82, 2.24) is 30.2 Å². The second kappa shape index (κ2) is 9.02. The van der Waals surface area contributed by atoms with E-state index in [-0.39, 0.29) is 23.2 Å². The largest absolute Gasteiger partial charge is 0.355 e. The summed E-state index contributed by atoms with van der Waals surface area (Å²) in [6, 6.07) is 5.14. The van der Waals surface area contributed by atoms with E-state index in [1.807, 2.05) is 6.07 Å². The average Bonchev–Trinajstić information content (AvgIpc) is 3.25. The minimum atomic E-state index is -3.69. The molecule has 164 valence electrons. The van der Waals surface area contributed by atoms with Crippen LogP contribution in [0.15, 0.2) is 33.1 Å². The summed E-state index contributed by atoms with van der Waals surface area (Å²) in [4.78, 5) is 20.3. The predicted molar refractivity (Wildman–Crippen MR) is 121 cm³/mol. The molecule has 4 rings (SSSR count). The summed E-state index contributed by atoms with van der Waals surface area (Å²) in [6.45, 7) is 1.69. The molecule has 0 unspecified atom stereocenters. The van der Waals surface area contributed by atoms with Gasteiger partial charge in [-0.15, -0.1) is 11.3 Å². The Morgan fingerprint density at radius 3 is 2.87 bits per heavy atom. The number of hydrogen-bond donors (Lipinski definition) is 4. The van der Waals surface area contributed by atoms with E-state index in [4.69, 9.17) is 0 Å². The lowest BCUT2D eigenvalue weighted by Gasteiger charge is -2.06. The van der Waals surface area contributed by atoms with E-state index >= 15 is 0 Å². The lowest BCUT2D eigenvalue weighted by atomic mass is 10.3. The minimum absolute atomic E-state index is 0.102. The number of carbonyl (C=O) groups excluding carboxylic acids is 1. The molecular weight excluding hydrogens is 506 g/mol. The molecule has 0 atom stereocenters. The summed E-state index contributed by atoms with van der Waals surface area (Å²) < 4.78 is 28.2. The van der Waals surface area contributed by atoms with Crippen LogP contribution in [-0.2, 0) is 14.8 Å². The lowest BCUT2D eigenvalue weighted by Crippen LogP contribution is -2.33. The zero-order valence-electron chi connectivity index (χ0n) is 16.5. The van der Waals surface area contributed by atoms with Crippen LogP contribution in [0, 0.1) is 0 Å². The first-order valence-corrected chi connectivity index (χ1v) is 12.6. The second-order valence-corrected chi connectivity index (χ2v) is 10.9. The summed E-state index contributed by atoms with van der Waals surface area (Å²) >= 11 is 4.50. The first kappa shape index (κ1) is 21.9. The number of amides is 1. The second-order valence-electron chi connectivity index (χ2n) is 7.00. The number of aromatic nitrogens is 4. The van der Waals surface area contributed by atoms with Crippen LogP contribution in [0.5, 0.6) is 0 Å². The Labute approximate surface area is 191 Å². The van der Waals surface area contributed by atoms with Crippen molar-refractivity contribution in [1.29, 1.82) is 0 Å². The van der Waals surface area contributed by atoms with Gasteiger partial charge in [-0.05, 0) is 40.9 Å². The first-order chi connectivity index (χ1) is 14.8. The molecule has 13 heteroatoms. The molecule has 3 heterocycles. The predicted octanol–water partition coefficient (Wildman–Crippen LogP) is 2.73. The molecule has 0 saturated heterocycles. The van der Waals surface area contributed by atoms with Gasteiger partial charge in [0.15, 0.2) is 11.6 Å². The van der Waals surface area contributed by atoms with E-state index in [0.717, 1.165) is 17.0 Å². The van der Waals surface area contributed by atoms with Crippen molar-refractivity contribution in [2.45, 2.75) is 29.9 Å². The number of nitrogens with zero attached hydrogens (tertiary/aromatic N) is 3. The first-order valence-electron chi connectivity index (χ1n) is 9.51. The molecule has 1 aliphatic carbocycles. The third kappa shape index (κ3) is 5.47. The number of rotatable bonds is 9. The SMILES string of the molecule is CC(=O)NCCNS(=O)(=O)c1ccc(-c2ncc(Br)c(Nc3cc(C4CC4)[nH]n3)n2)s1. The molecule has 4 N–H and O–H groups in total. The molecule has 0 spiro atoms. The number of halogens is 1. The Kier molecular flexibility index (Phi) is 6.36. The molecule has 0 bridgehead atoms. The molecule has 10 nitrogen and oxygen atoms in total. The highest BCUT2D eigenvalue weighted by molar-refractivity contribution is 9.10. The smallest absolute Gasteiger partial charge is 0.250 e. The van der Waals surface area contributed by atoms with Gasteiger partial charge in [-0.1, -0.05) is 0 Å². The fourth-order valence-electron chi connectivity index (χ4n) is 2.78. The highest BCUT2D eigenvalue weighted by Crippen LogP contribution is 2.40. The van der Waals surface area contributed by atoms with Crippen LogP contribution < -0.4 is 15.4 Å². The molecule has 1 saturated carbocycles. The number of H-pyrrole nitrogens is 1. The normalized spacial score (nSPS) is 13.9. The number of hydrogen-bond acceptors (Lipinski definition) is 8. The zero-order chi connectivity index (χ0) is 22.0. The van der Waals surface area contributed by atoms with Crippen LogP contribution in [0.2, 0.25) is 0 Å². The average molecular weight is 526 g/mol. The van der Waals surface area contributed by atoms with Gasteiger partial charge in [0.25, 0.3) is 0 Å². The van der Waals surface area contributed by atoms with Gasteiger partial charge in [0, 0.05) is 43.9 Å². The van der Waals surface area contributed by atoms with Crippen molar-refractivity contribution < 1.29 is 13.2 Å². The fourth-order valence-corrected chi connectivity index (χ4v) is 5.39. The van der Waals surface area contributed by atoms with Crippen molar-refractivity contribution >= 4 is 54.8 Å². The summed E-state index contributed by atoms with van der Waals surface area (Å²) in [5.74, 6) is 1.93. The van der Waals surface area contributed by atoms with Gasteiger partial charge in [0.1, 0.15) is 10.0 Å².